The fourth-order valence-corrected chi connectivity index (χ4v) is 3.83. The molecule has 0 aliphatic heterocycles. The number of esters is 1. The molecular formula is C21H23N3O5S. The number of amides is 1. The molecular weight excluding hydrogens is 406 g/mol. The van der Waals surface area contributed by atoms with Gasteiger partial charge in [-0.05, 0) is 19.4 Å². The van der Waals surface area contributed by atoms with Gasteiger partial charge in [0.25, 0.3) is 11.5 Å². The maximum Gasteiger partial charge on any atom is 0.311 e. The summed E-state index contributed by atoms with van der Waals surface area (Å²) in [6.45, 7) is 4.47. The molecule has 1 amide bonds. The number of carbonyl (C=O) groups is 2. The lowest BCUT2D eigenvalue weighted by molar-refractivity contribution is -0.142. The number of thiazole rings is 1. The Kier molecular flexibility index (Phi) is 6.83. The van der Waals surface area contributed by atoms with Gasteiger partial charge in [-0.15, -0.1) is 11.3 Å². The number of rotatable bonds is 8. The van der Waals surface area contributed by atoms with E-state index in [0.717, 1.165) is 24.2 Å². The van der Waals surface area contributed by atoms with Crippen LogP contribution in [0.3, 0.4) is 0 Å². The average molecular weight is 429 g/mol. The van der Waals surface area contributed by atoms with Gasteiger partial charge in [0.2, 0.25) is 0 Å². The van der Waals surface area contributed by atoms with Crippen molar-refractivity contribution in [1.29, 1.82) is 0 Å². The average Bonchev–Trinajstić information content (AvgIpc) is 3.15. The quantitative estimate of drug-likeness (QED) is 0.532. The zero-order chi connectivity index (χ0) is 21.7. The van der Waals surface area contributed by atoms with E-state index in [-0.39, 0.29) is 23.7 Å². The second-order valence-electron chi connectivity index (χ2n) is 6.63. The van der Waals surface area contributed by atoms with Crippen LogP contribution in [0.25, 0.3) is 10.9 Å². The number of aromatic hydroxyl groups is 1. The van der Waals surface area contributed by atoms with E-state index in [1.54, 1.807) is 36.6 Å². The molecule has 30 heavy (non-hydrogen) atoms. The summed E-state index contributed by atoms with van der Waals surface area (Å²) in [4.78, 5) is 41.4. The van der Waals surface area contributed by atoms with E-state index in [2.05, 4.69) is 10.3 Å². The molecule has 0 saturated heterocycles. The molecule has 3 aromatic rings. The Morgan fingerprint density at radius 3 is 2.77 bits per heavy atom. The first-order chi connectivity index (χ1) is 14.5. The lowest BCUT2D eigenvalue weighted by atomic mass is 10.1. The first-order valence-electron chi connectivity index (χ1n) is 9.72. The highest BCUT2D eigenvalue weighted by molar-refractivity contribution is 7.14. The molecule has 0 aliphatic carbocycles. The summed E-state index contributed by atoms with van der Waals surface area (Å²) in [5.74, 6) is -1.63. The third kappa shape index (κ3) is 4.51. The number of anilines is 1. The Balaban J connectivity index is 1.92. The van der Waals surface area contributed by atoms with E-state index in [1.807, 2.05) is 6.92 Å². The smallest absolute Gasteiger partial charge is 0.311 e. The largest absolute Gasteiger partial charge is 0.502 e. The van der Waals surface area contributed by atoms with Crippen molar-refractivity contribution in [3.05, 3.63) is 51.3 Å². The number of nitrogens with one attached hydrogen (secondary N) is 1. The van der Waals surface area contributed by atoms with Gasteiger partial charge in [0.15, 0.2) is 10.9 Å². The van der Waals surface area contributed by atoms with E-state index >= 15 is 0 Å². The van der Waals surface area contributed by atoms with Crippen molar-refractivity contribution in [1.82, 2.24) is 9.55 Å². The molecule has 0 radical (unpaired) electrons. The Labute approximate surface area is 177 Å². The van der Waals surface area contributed by atoms with Gasteiger partial charge in [0.05, 0.1) is 29.8 Å². The van der Waals surface area contributed by atoms with Crippen LogP contribution in [0.1, 0.15) is 42.7 Å². The predicted octanol–water partition coefficient (Wildman–Crippen LogP) is 3.32. The number of hydrogen-bond donors (Lipinski definition) is 2. The molecule has 0 saturated carbocycles. The number of ether oxygens (including phenoxy) is 1. The van der Waals surface area contributed by atoms with Crippen LogP contribution in [0.4, 0.5) is 5.13 Å². The standard InChI is InChI=1S/C21H23N3O5S/c1-3-5-10-24-15-9-7-6-8-14(15)17(18(26)20(24)28)19(27)23-21-22-13(12-30-21)11-16(25)29-4-2/h6-9,12,26H,3-5,10-11H2,1-2H3,(H,22,23,27). The second kappa shape index (κ2) is 9.53. The van der Waals surface area contributed by atoms with Crippen LogP contribution in [0.5, 0.6) is 5.75 Å². The van der Waals surface area contributed by atoms with Crippen molar-refractivity contribution in [2.24, 2.45) is 0 Å². The molecule has 0 aliphatic rings. The highest BCUT2D eigenvalue weighted by atomic mass is 32.1. The molecule has 0 fully saturated rings. The van der Waals surface area contributed by atoms with Gasteiger partial charge in [0, 0.05) is 17.3 Å². The van der Waals surface area contributed by atoms with Crippen LogP contribution in [0, 0.1) is 0 Å². The zero-order valence-electron chi connectivity index (χ0n) is 16.8. The first-order valence-corrected chi connectivity index (χ1v) is 10.6. The van der Waals surface area contributed by atoms with Crippen molar-refractivity contribution in [2.45, 2.75) is 39.7 Å². The molecule has 2 heterocycles. The minimum atomic E-state index is -0.638. The highest BCUT2D eigenvalue weighted by Gasteiger charge is 2.22. The number of fused-ring (bicyclic) bond motifs is 1. The van der Waals surface area contributed by atoms with Gasteiger partial charge in [-0.2, -0.15) is 0 Å². The molecule has 2 aromatic heterocycles. The van der Waals surface area contributed by atoms with Gasteiger partial charge >= 0.3 is 5.97 Å². The normalized spacial score (nSPS) is 10.9. The number of nitrogens with zero attached hydrogens (tertiary/aromatic N) is 2. The third-order valence-corrected chi connectivity index (χ3v) is 5.32. The van der Waals surface area contributed by atoms with E-state index in [9.17, 15) is 19.5 Å². The molecule has 0 atom stereocenters. The molecule has 8 nitrogen and oxygen atoms in total. The molecule has 0 spiro atoms. The summed E-state index contributed by atoms with van der Waals surface area (Å²) in [7, 11) is 0. The molecule has 158 valence electrons. The number of carbonyl (C=O) groups excluding carboxylic acids is 2. The summed E-state index contributed by atoms with van der Waals surface area (Å²) in [6.07, 6.45) is 1.67. The molecule has 0 bridgehead atoms. The topological polar surface area (TPSA) is 111 Å². The van der Waals surface area contributed by atoms with Crippen molar-refractivity contribution < 1.29 is 19.4 Å². The van der Waals surface area contributed by atoms with Gasteiger partial charge in [-0.3, -0.25) is 19.7 Å². The second-order valence-corrected chi connectivity index (χ2v) is 7.49. The minimum absolute atomic E-state index is 0.00185. The van der Waals surface area contributed by atoms with Crippen LogP contribution in [0.2, 0.25) is 0 Å². The highest BCUT2D eigenvalue weighted by Crippen LogP contribution is 2.26. The SMILES string of the molecule is CCCCn1c(=O)c(O)c(C(=O)Nc2nc(CC(=O)OCC)cs2)c2ccccc21. The number of hydrogen-bond acceptors (Lipinski definition) is 7. The number of aromatic nitrogens is 2. The summed E-state index contributed by atoms with van der Waals surface area (Å²) >= 11 is 1.15. The fraction of sp³-hybridized carbons (Fsp3) is 0.333. The van der Waals surface area contributed by atoms with Crippen LogP contribution >= 0.6 is 11.3 Å². The maximum absolute atomic E-state index is 12.9. The fourth-order valence-electron chi connectivity index (χ4n) is 3.13. The van der Waals surface area contributed by atoms with Crippen LogP contribution in [0.15, 0.2) is 34.4 Å². The zero-order valence-corrected chi connectivity index (χ0v) is 17.6. The Bertz CT molecular complexity index is 1140. The summed E-state index contributed by atoms with van der Waals surface area (Å²) in [5.41, 5.74) is 0.360. The van der Waals surface area contributed by atoms with E-state index in [0.29, 0.717) is 23.1 Å². The van der Waals surface area contributed by atoms with Gasteiger partial charge < -0.3 is 14.4 Å². The van der Waals surface area contributed by atoms with E-state index in [1.165, 1.54) is 4.57 Å². The summed E-state index contributed by atoms with van der Waals surface area (Å²) in [5, 5.41) is 15.5. The Morgan fingerprint density at radius 2 is 2.03 bits per heavy atom. The predicted molar refractivity (Wildman–Crippen MR) is 115 cm³/mol. The van der Waals surface area contributed by atoms with Crippen molar-refractivity contribution in [3.8, 4) is 5.75 Å². The van der Waals surface area contributed by atoms with Gasteiger partial charge in [0.1, 0.15) is 0 Å². The van der Waals surface area contributed by atoms with E-state index < -0.39 is 23.2 Å². The number of aryl methyl sites for hydroxylation is 1. The number of unbranched alkanes of at least 4 members (excludes halogenated alkanes) is 1. The first kappa shape index (κ1) is 21.5. The monoisotopic (exact) mass is 429 g/mol. The van der Waals surface area contributed by atoms with Gasteiger partial charge in [-0.25, -0.2) is 4.98 Å². The number of benzene rings is 1. The summed E-state index contributed by atoms with van der Waals surface area (Å²) < 4.78 is 6.38. The third-order valence-electron chi connectivity index (χ3n) is 4.51. The van der Waals surface area contributed by atoms with Crippen molar-refractivity contribution in [2.75, 3.05) is 11.9 Å². The molecule has 2 N–H and O–H groups in total. The van der Waals surface area contributed by atoms with Crippen LogP contribution in [-0.2, 0) is 22.5 Å². The van der Waals surface area contributed by atoms with Gasteiger partial charge in [-0.1, -0.05) is 31.5 Å². The number of pyridine rings is 1. The van der Waals surface area contributed by atoms with Crippen molar-refractivity contribution >= 4 is 39.2 Å². The molecule has 3 rings (SSSR count). The van der Waals surface area contributed by atoms with Crippen LogP contribution < -0.4 is 10.9 Å². The molecule has 0 unspecified atom stereocenters. The summed E-state index contributed by atoms with van der Waals surface area (Å²) in [6, 6.07) is 6.98. The van der Waals surface area contributed by atoms with Crippen molar-refractivity contribution in [3.63, 3.8) is 0 Å². The number of para-hydroxylation sites is 1. The lowest BCUT2D eigenvalue weighted by Crippen LogP contribution is -2.24. The Morgan fingerprint density at radius 1 is 1.27 bits per heavy atom. The minimum Gasteiger partial charge on any atom is -0.502 e. The van der Waals surface area contributed by atoms with Crippen LogP contribution in [-0.4, -0.2) is 33.1 Å². The molecule has 9 heteroatoms. The molecule has 1 aromatic carbocycles. The Hall–Kier alpha value is -3.20. The van der Waals surface area contributed by atoms with E-state index in [4.69, 9.17) is 4.74 Å². The lowest BCUT2D eigenvalue weighted by Gasteiger charge is -2.14. The maximum atomic E-state index is 12.9.